The van der Waals surface area contributed by atoms with Gasteiger partial charge in [0.05, 0.1) is 28.6 Å². The molecule has 2 aliphatic heterocycles. The molecule has 2 bridgehead atoms. The number of nitrogens with zero attached hydrogens (tertiary/aromatic N) is 3. The summed E-state index contributed by atoms with van der Waals surface area (Å²) in [6.07, 6.45) is 6.26. The third-order valence-electron chi connectivity index (χ3n) is 8.84. The fourth-order valence-corrected chi connectivity index (χ4v) is 8.94. The highest BCUT2D eigenvalue weighted by molar-refractivity contribution is 7.89. The second-order valence-corrected chi connectivity index (χ2v) is 16.9. The van der Waals surface area contributed by atoms with E-state index in [0.717, 1.165) is 61.6 Å². The van der Waals surface area contributed by atoms with Crippen molar-refractivity contribution < 1.29 is 26.3 Å². The lowest BCUT2D eigenvalue weighted by atomic mass is 10.0. The van der Waals surface area contributed by atoms with Gasteiger partial charge in [0, 0.05) is 44.7 Å². The zero-order valence-electron chi connectivity index (χ0n) is 27.7. The zero-order valence-corrected chi connectivity index (χ0v) is 29.3. The van der Waals surface area contributed by atoms with Crippen molar-refractivity contribution in [3.05, 3.63) is 82.2 Å². The first-order valence-electron chi connectivity index (χ1n) is 16.3. The molecule has 0 radical (unpaired) electrons. The minimum absolute atomic E-state index is 0.0289. The third-order valence-corrected chi connectivity index (χ3v) is 12.6. The minimum Gasteiger partial charge on any atom is -0.461 e. The second-order valence-electron chi connectivity index (χ2n) is 13.0. The molecule has 3 aromatic rings. The predicted molar refractivity (Wildman–Crippen MR) is 178 cm³/mol. The Morgan fingerprint density at radius 1 is 0.652 bits per heavy atom. The summed E-state index contributed by atoms with van der Waals surface area (Å²) in [6, 6.07) is 13.9. The van der Waals surface area contributed by atoms with E-state index in [1.54, 1.807) is 28.6 Å². The Bertz CT molecular complexity index is 1740. The van der Waals surface area contributed by atoms with Crippen LogP contribution in [0.25, 0.3) is 0 Å². The van der Waals surface area contributed by atoms with Gasteiger partial charge in [-0.1, -0.05) is 67.5 Å². The van der Waals surface area contributed by atoms with Crippen LogP contribution in [0.5, 0.6) is 5.75 Å². The number of fused-ring (bicyclic) bond motifs is 6. The molecule has 0 N–H and O–H groups in total. The van der Waals surface area contributed by atoms with E-state index < -0.39 is 25.8 Å². The molecule has 3 heterocycles. The molecule has 0 atom stereocenters. The summed E-state index contributed by atoms with van der Waals surface area (Å²) < 4.78 is 71.7. The van der Waals surface area contributed by atoms with Crippen molar-refractivity contribution in [2.24, 2.45) is 0 Å². The number of rotatable bonds is 4. The molecular weight excluding hydrogens is 623 g/mol. The highest BCUT2D eigenvalue weighted by Crippen LogP contribution is 2.39. The molecule has 0 spiro atoms. The summed E-state index contributed by atoms with van der Waals surface area (Å²) in [5.74, 6) is -0.499. The maximum Gasteiger partial charge on any atom is 0.243 e. The summed E-state index contributed by atoms with van der Waals surface area (Å²) in [4.78, 5) is 5.44. The number of pyridine rings is 1. The molecule has 0 saturated heterocycles. The van der Waals surface area contributed by atoms with E-state index in [1.807, 2.05) is 58.9 Å². The summed E-state index contributed by atoms with van der Waals surface area (Å²) in [6.45, 7) is 10.4. The van der Waals surface area contributed by atoms with Crippen molar-refractivity contribution >= 4 is 20.0 Å². The Hall–Kier alpha value is -2.83. The molecule has 2 aliphatic rings. The zero-order chi connectivity index (χ0) is 33.1. The number of aromatic nitrogens is 1. The van der Waals surface area contributed by atoms with Crippen LogP contribution in [0, 0.1) is 20.8 Å². The van der Waals surface area contributed by atoms with E-state index in [0.29, 0.717) is 35.8 Å². The molecule has 2 aromatic carbocycles. The lowest BCUT2D eigenvalue weighted by Crippen LogP contribution is -2.39. The fraction of sp³-hybridized carbons (Fsp3) is 0.514. The van der Waals surface area contributed by atoms with E-state index in [-0.39, 0.29) is 29.5 Å². The quantitative estimate of drug-likeness (QED) is 0.302. The average molecular weight is 670 g/mol. The minimum atomic E-state index is -3.83. The van der Waals surface area contributed by atoms with Crippen LogP contribution in [-0.2, 0) is 44.5 Å². The monoisotopic (exact) mass is 669 g/mol. The average Bonchev–Trinajstić information content (AvgIpc) is 3.00. The van der Waals surface area contributed by atoms with Crippen LogP contribution in [0.3, 0.4) is 0 Å². The van der Waals surface area contributed by atoms with Gasteiger partial charge < -0.3 is 9.47 Å². The van der Waals surface area contributed by atoms with Gasteiger partial charge in [0.2, 0.25) is 25.8 Å². The molecule has 0 unspecified atom stereocenters. The van der Waals surface area contributed by atoms with Crippen LogP contribution in [-0.4, -0.2) is 49.3 Å². The van der Waals surface area contributed by atoms with Crippen molar-refractivity contribution in [3.8, 4) is 5.75 Å². The smallest absolute Gasteiger partial charge is 0.243 e. The molecule has 46 heavy (non-hydrogen) atoms. The molecule has 0 amide bonds. The SMILES string of the molecule is Cc1ccc(S(=O)(=O)N2CCCCCCCCCN(S(=O)(=O)c3ccc(C)cc3)Cc3c(C)nc(c4c3COC(C)(C)O4)C2)cc1. The van der Waals surface area contributed by atoms with Gasteiger partial charge in [-0.15, -0.1) is 0 Å². The second kappa shape index (κ2) is 14.1. The molecule has 250 valence electrons. The molecule has 0 fully saturated rings. The largest absolute Gasteiger partial charge is 0.461 e. The Labute approximate surface area is 275 Å². The van der Waals surface area contributed by atoms with E-state index in [2.05, 4.69) is 0 Å². The topological polar surface area (TPSA) is 106 Å². The molecule has 5 rings (SSSR count). The number of benzene rings is 2. The van der Waals surface area contributed by atoms with Gasteiger partial charge in [0.15, 0.2) is 5.75 Å². The van der Waals surface area contributed by atoms with Crippen molar-refractivity contribution in [1.82, 2.24) is 13.6 Å². The molecule has 0 aliphatic carbocycles. The number of hydrogen-bond donors (Lipinski definition) is 0. The van der Waals surface area contributed by atoms with Gasteiger partial charge in [-0.3, -0.25) is 4.98 Å². The third kappa shape index (κ3) is 7.82. The van der Waals surface area contributed by atoms with E-state index in [9.17, 15) is 16.8 Å². The molecule has 1 aromatic heterocycles. The molecule has 11 heteroatoms. The normalized spacial score (nSPS) is 19.2. The Balaban J connectivity index is 1.60. The van der Waals surface area contributed by atoms with Gasteiger partial charge in [-0.2, -0.15) is 8.61 Å². The number of hydrogen-bond acceptors (Lipinski definition) is 7. The maximum absolute atomic E-state index is 14.1. The van der Waals surface area contributed by atoms with Gasteiger partial charge in [0.1, 0.15) is 0 Å². The molecular formula is C35H47N3O6S2. The van der Waals surface area contributed by atoms with Gasteiger partial charge in [-0.05, 0) is 63.4 Å². The number of sulfonamides is 2. The van der Waals surface area contributed by atoms with Crippen molar-refractivity contribution in [2.45, 2.75) is 115 Å². The standard InChI is InChI=1S/C35H47N3O6S2/c1-26-13-17-29(18-14-26)45(39,40)37-21-11-9-7-6-8-10-12-22-38(46(41,42)30-19-15-27(2)16-20-30)24-33-34-32(25-43-35(4,5)44-34)31(23-37)28(3)36-33/h13-20H,6-12,21-25H2,1-5H3. The van der Waals surface area contributed by atoms with E-state index in [1.165, 1.54) is 4.31 Å². The van der Waals surface area contributed by atoms with Gasteiger partial charge >= 0.3 is 0 Å². The molecule has 0 saturated carbocycles. The summed E-state index contributed by atoms with van der Waals surface area (Å²) in [5, 5.41) is 0. The van der Waals surface area contributed by atoms with Gasteiger partial charge in [-0.25, -0.2) is 16.8 Å². The Morgan fingerprint density at radius 2 is 1.11 bits per heavy atom. The highest BCUT2D eigenvalue weighted by atomic mass is 32.2. The van der Waals surface area contributed by atoms with Crippen LogP contribution >= 0.6 is 0 Å². The number of aryl methyl sites for hydroxylation is 3. The summed E-state index contributed by atoms with van der Waals surface area (Å²) in [7, 11) is -7.65. The maximum atomic E-state index is 14.1. The van der Waals surface area contributed by atoms with Crippen LogP contribution in [0.15, 0.2) is 58.3 Å². The Morgan fingerprint density at radius 3 is 1.61 bits per heavy atom. The van der Waals surface area contributed by atoms with E-state index >= 15 is 0 Å². The van der Waals surface area contributed by atoms with Crippen molar-refractivity contribution in [2.75, 3.05) is 13.1 Å². The number of ether oxygens (including phenoxy) is 2. The first-order valence-corrected chi connectivity index (χ1v) is 19.1. The van der Waals surface area contributed by atoms with Crippen LogP contribution in [0.4, 0.5) is 0 Å². The lowest BCUT2D eigenvalue weighted by Gasteiger charge is -2.36. The fourth-order valence-electron chi connectivity index (χ4n) is 6.05. The van der Waals surface area contributed by atoms with Gasteiger partial charge in [0.25, 0.3) is 0 Å². The summed E-state index contributed by atoms with van der Waals surface area (Å²) in [5.41, 5.74) is 4.54. The first-order chi connectivity index (χ1) is 21.8. The van der Waals surface area contributed by atoms with Crippen LogP contribution < -0.4 is 4.74 Å². The lowest BCUT2D eigenvalue weighted by molar-refractivity contribution is -0.181. The van der Waals surface area contributed by atoms with Crippen LogP contribution in [0.2, 0.25) is 0 Å². The van der Waals surface area contributed by atoms with Crippen LogP contribution in [0.1, 0.15) is 92.4 Å². The highest BCUT2D eigenvalue weighted by Gasteiger charge is 2.36. The Kier molecular flexibility index (Phi) is 10.6. The first kappa shape index (κ1) is 34.5. The van der Waals surface area contributed by atoms with E-state index in [4.69, 9.17) is 14.5 Å². The van der Waals surface area contributed by atoms with Crippen molar-refractivity contribution in [1.29, 1.82) is 0 Å². The molecule has 9 nitrogen and oxygen atoms in total. The summed E-state index contributed by atoms with van der Waals surface area (Å²) >= 11 is 0. The predicted octanol–water partition coefficient (Wildman–Crippen LogP) is 6.78. The van der Waals surface area contributed by atoms with Crippen molar-refractivity contribution in [3.63, 3.8) is 0 Å².